The quantitative estimate of drug-likeness (QED) is 0.473. The molecule has 0 aromatic rings. The Hall–Kier alpha value is -0.975. The Kier molecular flexibility index (Phi) is 1.80. The summed E-state index contributed by atoms with van der Waals surface area (Å²) in [4.78, 5) is 0. The molecule has 0 spiro atoms. The zero-order valence-corrected chi connectivity index (χ0v) is 7.62. The Morgan fingerprint density at radius 2 is 2.08 bits per heavy atom. The van der Waals surface area contributed by atoms with Gasteiger partial charge in [-0.25, -0.2) is 0 Å². The minimum atomic E-state index is 0.561. The molecule has 1 atom stereocenters. The van der Waals surface area contributed by atoms with Gasteiger partial charge < -0.3 is 0 Å². The second-order valence-corrected chi connectivity index (χ2v) is 3.66. The maximum absolute atomic E-state index is 2.34. The van der Waals surface area contributed by atoms with Crippen molar-refractivity contribution < 1.29 is 0 Å². The molecule has 0 aromatic carbocycles. The van der Waals surface area contributed by atoms with Crippen LogP contribution < -0.4 is 0 Å². The van der Waals surface area contributed by atoms with E-state index in [4.69, 9.17) is 0 Å². The highest BCUT2D eigenvalue weighted by Crippen LogP contribution is 2.29. The van der Waals surface area contributed by atoms with Crippen molar-refractivity contribution in [2.24, 2.45) is 5.92 Å². The summed E-state index contributed by atoms with van der Waals surface area (Å²) in [6.07, 6.45) is 8.74. The first-order valence-corrected chi connectivity index (χ1v) is 4.52. The number of rotatable bonds is 0. The monoisotopic (exact) mass is 156 g/mol. The molecular weight excluding hydrogens is 143 g/mol. The summed E-state index contributed by atoms with van der Waals surface area (Å²) in [5, 5.41) is 0. The standard InChI is InChI=1S/C11H13B/c1-9-7-12(2)8-10-5-3-4-6-11(9)10/h3-8,11H,1-2H3. The molecule has 2 rings (SSSR count). The molecule has 12 heavy (non-hydrogen) atoms. The van der Waals surface area contributed by atoms with Crippen LogP contribution in [-0.4, -0.2) is 6.71 Å². The molecule has 0 aromatic heterocycles. The number of fused-ring (bicyclic) bond motifs is 1. The van der Waals surface area contributed by atoms with E-state index in [2.05, 4.69) is 50.0 Å². The van der Waals surface area contributed by atoms with Gasteiger partial charge in [-0.2, -0.15) is 0 Å². The molecule has 0 amide bonds. The molecule has 0 nitrogen and oxygen atoms in total. The van der Waals surface area contributed by atoms with Crippen molar-refractivity contribution >= 4 is 6.71 Å². The van der Waals surface area contributed by atoms with E-state index >= 15 is 0 Å². The number of allylic oxidation sites excluding steroid dienone is 6. The highest BCUT2D eigenvalue weighted by molar-refractivity contribution is 6.68. The third kappa shape index (κ3) is 1.20. The van der Waals surface area contributed by atoms with Crippen molar-refractivity contribution in [1.29, 1.82) is 0 Å². The molecule has 1 unspecified atom stereocenters. The normalized spacial score (nSPS) is 26.5. The van der Waals surface area contributed by atoms with Gasteiger partial charge in [-0.05, 0) is 12.5 Å². The summed E-state index contributed by atoms with van der Waals surface area (Å²) < 4.78 is 0. The Balaban J connectivity index is 2.37. The van der Waals surface area contributed by atoms with Crippen molar-refractivity contribution in [2.75, 3.05) is 0 Å². The highest BCUT2D eigenvalue weighted by atomic mass is 14.2. The van der Waals surface area contributed by atoms with Gasteiger partial charge >= 0.3 is 0 Å². The third-order valence-electron chi connectivity index (χ3n) is 2.53. The van der Waals surface area contributed by atoms with Gasteiger partial charge in [0.2, 0.25) is 0 Å². The molecule has 1 heterocycles. The minimum absolute atomic E-state index is 0.561. The Morgan fingerprint density at radius 1 is 1.25 bits per heavy atom. The first-order valence-electron chi connectivity index (χ1n) is 4.52. The van der Waals surface area contributed by atoms with Crippen molar-refractivity contribution in [3.05, 3.63) is 47.4 Å². The summed E-state index contributed by atoms with van der Waals surface area (Å²) in [5.41, 5.74) is 2.95. The van der Waals surface area contributed by atoms with Crippen LogP contribution in [0, 0.1) is 5.92 Å². The summed E-state index contributed by atoms with van der Waals surface area (Å²) in [7, 11) is 0. The van der Waals surface area contributed by atoms with Crippen LogP contribution in [0.3, 0.4) is 0 Å². The van der Waals surface area contributed by atoms with E-state index in [0.29, 0.717) is 12.6 Å². The van der Waals surface area contributed by atoms with Crippen LogP contribution in [0.4, 0.5) is 0 Å². The van der Waals surface area contributed by atoms with Crippen LogP contribution in [0.5, 0.6) is 0 Å². The summed E-state index contributed by atoms with van der Waals surface area (Å²) in [6.45, 7) is 5.06. The lowest BCUT2D eigenvalue weighted by atomic mass is 9.47. The lowest BCUT2D eigenvalue weighted by Gasteiger charge is -2.23. The number of hydrogen-bond acceptors (Lipinski definition) is 0. The Morgan fingerprint density at radius 3 is 2.92 bits per heavy atom. The molecule has 0 N–H and O–H groups in total. The average molecular weight is 156 g/mol. The molecule has 0 fully saturated rings. The molecule has 2 aliphatic rings. The van der Waals surface area contributed by atoms with E-state index in [0.717, 1.165) is 0 Å². The van der Waals surface area contributed by atoms with Crippen molar-refractivity contribution in [1.82, 2.24) is 0 Å². The van der Waals surface area contributed by atoms with E-state index in [-0.39, 0.29) is 0 Å². The number of hydrogen-bond donors (Lipinski definition) is 0. The van der Waals surface area contributed by atoms with Gasteiger partial charge in [0.15, 0.2) is 6.71 Å². The molecule has 0 radical (unpaired) electrons. The van der Waals surface area contributed by atoms with Crippen LogP contribution in [0.2, 0.25) is 6.82 Å². The van der Waals surface area contributed by atoms with Crippen LogP contribution in [0.25, 0.3) is 0 Å². The van der Waals surface area contributed by atoms with E-state index in [9.17, 15) is 0 Å². The second kappa shape index (κ2) is 2.82. The van der Waals surface area contributed by atoms with Crippen molar-refractivity contribution in [3.8, 4) is 0 Å². The fourth-order valence-electron chi connectivity index (χ4n) is 2.00. The minimum Gasteiger partial charge on any atom is -0.111 e. The Labute approximate surface area is 74.4 Å². The van der Waals surface area contributed by atoms with Gasteiger partial charge in [0.05, 0.1) is 0 Å². The first-order chi connectivity index (χ1) is 5.77. The molecule has 0 bridgehead atoms. The van der Waals surface area contributed by atoms with E-state index < -0.39 is 0 Å². The van der Waals surface area contributed by atoms with Gasteiger partial charge in [-0.3, -0.25) is 0 Å². The fraction of sp³-hybridized carbons (Fsp3) is 0.273. The smallest absolute Gasteiger partial charge is 0.111 e. The van der Waals surface area contributed by atoms with E-state index in [1.807, 2.05) is 0 Å². The van der Waals surface area contributed by atoms with Crippen LogP contribution in [0.15, 0.2) is 47.4 Å². The van der Waals surface area contributed by atoms with Gasteiger partial charge in [0.25, 0.3) is 0 Å². The largest absolute Gasteiger partial charge is 0.189 e. The van der Waals surface area contributed by atoms with Crippen LogP contribution in [-0.2, 0) is 0 Å². The van der Waals surface area contributed by atoms with Gasteiger partial charge in [-0.1, -0.05) is 36.7 Å². The van der Waals surface area contributed by atoms with Crippen LogP contribution in [0.1, 0.15) is 6.92 Å². The SMILES string of the molecule is CB1C=C(C)C2C=CC=CC2=C1. The van der Waals surface area contributed by atoms with Crippen molar-refractivity contribution in [3.63, 3.8) is 0 Å². The van der Waals surface area contributed by atoms with Gasteiger partial charge in [0.1, 0.15) is 0 Å². The topological polar surface area (TPSA) is 0 Å². The van der Waals surface area contributed by atoms with Gasteiger partial charge in [-0.15, -0.1) is 12.0 Å². The molecule has 0 saturated carbocycles. The Bertz CT molecular complexity index is 305. The zero-order valence-electron chi connectivity index (χ0n) is 7.62. The molecule has 1 aliphatic carbocycles. The molecule has 60 valence electrons. The summed E-state index contributed by atoms with van der Waals surface area (Å²) in [5.74, 6) is 5.25. The van der Waals surface area contributed by atoms with Crippen molar-refractivity contribution in [2.45, 2.75) is 13.7 Å². The van der Waals surface area contributed by atoms with E-state index in [1.54, 1.807) is 0 Å². The average Bonchev–Trinajstić information content (AvgIpc) is 2.04. The van der Waals surface area contributed by atoms with E-state index in [1.165, 1.54) is 11.1 Å². The zero-order chi connectivity index (χ0) is 8.55. The molecule has 1 heteroatoms. The maximum Gasteiger partial charge on any atom is 0.189 e. The molecular formula is C11H13B. The van der Waals surface area contributed by atoms with Crippen LogP contribution >= 0.6 is 0 Å². The molecule has 1 aliphatic heterocycles. The lowest BCUT2D eigenvalue weighted by Crippen LogP contribution is -2.15. The predicted molar refractivity (Wildman–Crippen MR) is 55.2 cm³/mol. The predicted octanol–water partition coefficient (Wildman–Crippen LogP) is 2.82. The summed E-state index contributed by atoms with van der Waals surface area (Å²) >= 11 is 0. The summed E-state index contributed by atoms with van der Waals surface area (Å²) in [6, 6.07) is 0. The highest BCUT2D eigenvalue weighted by Gasteiger charge is 2.19. The lowest BCUT2D eigenvalue weighted by molar-refractivity contribution is 0.910. The maximum atomic E-state index is 2.34. The fourth-order valence-corrected chi connectivity index (χ4v) is 2.00. The van der Waals surface area contributed by atoms with Gasteiger partial charge in [0, 0.05) is 5.92 Å². The first kappa shape index (κ1) is 7.66. The third-order valence-corrected chi connectivity index (χ3v) is 2.53. The second-order valence-electron chi connectivity index (χ2n) is 3.66. The molecule has 0 saturated heterocycles.